The molecular weight excluding hydrogens is 297 g/mol. The molecule has 1 nitrogen and oxygen atoms in total. The average Bonchev–Trinajstić information content (AvgIpc) is 2.91. The minimum Gasteiger partial charge on any atom is -0.309 e. The van der Waals surface area contributed by atoms with E-state index < -0.39 is 0 Å². The summed E-state index contributed by atoms with van der Waals surface area (Å²) in [5.74, 6) is 1.07. The number of hydrogen-bond acceptors (Lipinski definition) is 2. The standard InChI is InChI=1S/C15H21Cl2NS/c1-2-18-14(10-19-11-6-3-4-7-11)12-8-5-9-13(16)15(12)17/h5,8-9,11,14,18H,2-4,6-7,10H2,1H3. The summed E-state index contributed by atoms with van der Waals surface area (Å²) in [4.78, 5) is 0. The molecule has 106 valence electrons. The monoisotopic (exact) mass is 317 g/mol. The maximum absolute atomic E-state index is 6.34. The van der Waals surface area contributed by atoms with Gasteiger partial charge in [0.2, 0.25) is 0 Å². The number of benzene rings is 1. The van der Waals surface area contributed by atoms with E-state index in [2.05, 4.69) is 30.1 Å². The van der Waals surface area contributed by atoms with Crippen LogP contribution in [0.5, 0.6) is 0 Å². The maximum Gasteiger partial charge on any atom is 0.0640 e. The van der Waals surface area contributed by atoms with Gasteiger partial charge in [0.05, 0.1) is 10.0 Å². The Bertz CT molecular complexity index is 405. The summed E-state index contributed by atoms with van der Waals surface area (Å²) in [6.45, 7) is 3.07. The van der Waals surface area contributed by atoms with Crippen molar-refractivity contribution < 1.29 is 0 Å². The van der Waals surface area contributed by atoms with Crippen LogP contribution in [0.15, 0.2) is 18.2 Å². The third-order valence-electron chi connectivity index (χ3n) is 3.61. The number of hydrogen-bond donors (Lipinski definition) is 1. The number of nitrogens with one attached hydrogen (secondary N) is 1. The van der Waals surface area contributed by atoms with Crippen LogP contribution in [0, 0.1) is 0 Å². The predicted octanol–water partition coefficient (Wildman–Crippen LogP) is 5.32. The molecule has 0 radical (unpaired) electrons. The van der Waals surface area contributed by atoms with Crippen LogP contribution in [-0.4, -0.2) is 17.5 Å². The molecule has 0 spiro atoms. The van der Waals surface area contributed by atoms with Crippen LogP contribution in [0.3, 0.4) is 0 Å². The summed E-state index contributed by atoms with van der Waals surface area (Å²) in [6, 6.07) is 6.20. The third-order valence-corrected chi connectivity index (χ3v) is 5.91. The highest BCUT2D eigenvalue weighted by Crippen LogP contribution is 2.35. The van der Waals surface area contributed by atoms with E-state index in [-0.39, 0.29) is 0 Å². The fourth-order valence-corrected chi connectivity index (χ4v) is 4.45. The molecule has 1 aromatic carbocycles. The topological polar surface area (TPSA) is 12.0 Å². The molecule has 0 aromatic heterocycles. The van der Waals surface area contributed by atoms with Gasteiger partial charge in [0.15, 0.2) is 0 Å². The molecule has 1 fully saturated rings. The van der Waals surface area contributed by atoms with Crippen LogP contribution in [-0.2, 0) is 0 Å². The van der Waals surface area contributed by atoms with Gasteiger partial charge >= 0.3 is 0 Å². The lowest BCUT2D eigenvalue weighted by atomic mass is 10.1. The Morgan fingerprint density at radius 3 is 2.74 bits per heavy atom. The van der Waals surface area contributed by atoms with Crippen LogP contribution in [0.1, 0.15) is 44.2 Å². The van der Waals surface area contributed by atoms with Gasteiger partial charge in [-0.2, -0.15) is 11.8 Å². The van der Waals surface area contributed by atoms with Gasteiger partial charge in [-0.05, 0) is 31.0 Å². The van der Waals surface area contributed by atoms with E-state index in [9.17, 15) is 0 Å². The van der Waals surface area contributed by atoms with Gasteiger partial charge in [0, 0.05) is 17.0 Å². The average molecular weight is 318 g/mol. The van der Waals surface area contributed by atoms with Gasteiger partial charge < -0.3 is 5.32 Å². The molecule has 19 heavy (non-hydrogen) atoms. The smallest absolute Gasteiger partial charge is 0.0640 e. The lowest BCUT2D eigenvalue weighted by Crippen LogP contribution is -2.24. The Balaban J connectivity index is 2.03. The zero-order valence-electron chi connectivity index (χ0n) is 11.3. The first kappa shape index (κ1) is 15.5. The second-order valence-electron chi connectivity index (χ2n) is 4.99. The second kappa shape index (κ2) is 7.78. The zero-order valence-corrected chi connectivity index (χ0v) is 13.6. The fourth-order valence-electron chi connectivity index (χ4n) is 2.58. The molecule has 1 unspecified atom stereocenters. The molecule has 0 saturated heterocycles. The largest absolute Gasteiger partial charge is 0.309 e. The highest BCUT2D eigenvalue weighted by molar-refractivity contribution is 7.99. The molecule has 0 bridgehead atoms. The first-order valence-corrected chi connectivity index (χ1v) is 8.81. The van der Waals surface area contributed by atoms with E-state index in [1.807, 2.05) is 12.1 Å². The lowest BCUT2D eigenvalue weighted by Gasteiger charge is -2.21. The van der Waals surface area contributed by atoms with Crippen molar-refractivity contribution in [2.24, 2.45) is 0 Å². The molecule has 0 amide bonds. The molecule has 4 heteroatoms. The normalized spacial score (nSPS) is 17.8. The number of rotatable bonds is 6. The third kappa shape index (κ3) is 4.29. The predicted molar refractivity (Wildman–Crippen MR) is 87.6 cm³/mol. The van der Waals surface area contributed by atoms with Gasteiger partial charge in [0.1, 0.15) is 0 Å². The fraction of sp³-hybridized carbons (Fsp3) is 0.600. The molecule has 1 aromatic rings. The van der Waals surface area contributed by atoms with E-state index in [1.54, 1.807) is 0 Å². The summed E-state index contributed by atoms with van der Waals surface area (Å²) in [7, 11) is 0. The van der Waals surface area contributed by atoms with Crippen LogP contribution in [0.25, 0.3) is 0 Å². The molecule has 1 aliphatic rings. The number of thioether (sulfide) groups is 1. The molecule has 0 aliphatic heterocycles. The van der Waals surface area contributed by atoms with Crippen molar-refractivity contribution in [1.29, 1.82) is 0 Å². The van der Waals surface area contributed by atoms with Gasteiger partial charge in [0.25, 0.3) is 0 Å². The Morgan fingerprint density at radius 1 is 1.32 bits per heavy atom. The minimum atomic E-state index is 0.293. The molecule has 0 heterocycles. The van der Waals surface area contributed by atoms with Gasteiger partial charge in [-0.1, -0.05) is 55.1 Å². The first-order chi connectivity index (χ1) is 9.22. The molecule has 1 aliphatic carbocycles. The zero-order chi connectivity index (χ0) is 13.7. The van der Waals surface area contributed by atoms with Gasteiger partial charge in [-0.3, -0.25) is 0 Å². The Kier molecular flexibility index (Phi) is 6.34. The van der Waals surface area contributed by atoms with Crippen molar-refractivity contribution in [3.8, 4) is 0 Å². The highest BCUT2D eigenvalue weighted by Gasteiger charge is 2.20. The molecular formula is C15H21Cl2NS. The summed E-state index contributed by atoms with van der Waals surface area (Å²) in [5.41, 5.74) is 1.13. The Hall–Kier alpha value is 0.110. The van der Waals surface area contributed by atoms with Crippen LogP contribution < -0.4 is 5.32 Å². The van der Waals surface area contributed by atoms with E-state index in [1.165, 1.54) is 25.7 Å². The van der Waals surface area contributed by atoms with E-state index in [0.29, 0.717) is 16.1 Å². The quantitative estimate of drug-likeness (QED) is 0.762. The summed E-state index contributed by atoms with van der Waals surface area (Å²) >= 11 is 14.5. The summed E-state index contributed by atoms with van der Waals surface area (Å²) < 4.78 is 0. The molecule has 2 rings (SSSR count). The Morgan fingerprint density at radius 2 is 2.05 bits per heavy atom. The minimum absolute atomic E-state index is 0.293. The van der Waals surface area contributed by atoms with E-state index >= 15 is 0 Å². The summed E-state index contributed by atoms with van der Waals surface area (Å²) in [6.07, 6.45) is 5.52. The molecule has 1 atom stereocenters. The summed E-state index contributed by atoms with van der Waals surface area (Å²) in [5, 5.41) is 5.70. The first-order valence-electron chi connectivity index (χ1n) is 7.01. The Labute approximate surface area is 130 Å². The van der Waals surface area contributed by atoms with Crippen molar-refractivity contribution >= 4 is 35.0 Å². The highest BCUT2D eigenvalue weighted by atomic mass is 35.5. The second-order valence-corrected chi connectivity index (χ2v) is 7.11. The van der Waals surface area contributed by atoms with Gasteiger partial charge in [-0.25, -0.2) is 0 Å². The van der Waals surface area contributed by atoms with Crippen molar-refractivity contribution in [1.82, 2.24) is 5.32 Å². The SMILES string of the molecule is CCNC(CSC1CCCC1)c1cccc(Cl)c1Cl. The van der Waals surface area contributed by atoms with Crippen molar-refractivity contribution in [2.45, 2.75) is 43.9 Å². The van der Waals surface area contributed by atoms with Gasteiger partial charge in [-0.15, -0.1) is 0 Å². The van der Waals surface area contributed by atoms with Crippen LogP contribution in [0.2, 0.25) is 10.0 Å². The van der Waals surface area contributed by atoms with Crippen LogP contribution in [0.4, 0.5) is 0 Å². The maximum atomic E-state index is 6.34. The van der Waals surface area contributed by atoms with Crippen molar-refractivity contribution in [3.05, 3.63) is 33.8 Å². The van der Waals surface area contributed by atoms with E-state index in [4.69, 9.17) is 23.2 Å². The molecule has 1 N–H and O–H groups in total. The lowest BCUT2D eigenvalue weighted by molar-refractivity contribution is 0.605. The number of halogens is 2. The van der Waals surface area contributed by atoms with Crippen molar-refractivity contribution in [2.75, 3.05) is 12.3 Å². The van der Waals surface area contributed by atoms with Crippen LogP contribution >= 0.6 is 35.0 Å². The van der Waals surface area contributed by atoms with Crippen molar-refractivity contribution in [3.63, 3.8) is 0 Å². The van der Waals surface area contributed by atoms with E-state index in [0.717, 1.165) is 23.1 Å². The molecule has 1 saturated carbocycles.